The van der Waals surface area contributed by atoms with Crippen molar-refractivity contribution in [1.82, 2.24) is 5.32 Å². The number of hydrogen-bond acceptors (Lipinski definition) is 3. The van der Waals surface area contributed by atoms with Gasteiger partial charge in [-0.05, 0) is 43.4 Å². The van der Waals surface area contributed by atoms with Crippen molar-refractivity contribution in [1.29, 1.82) is 0 Å². The summed E-state index contributed by atoms with van der Waals surface area (Å²) in [4.78, 5) is 11.7. The smallest absolute Gasteiger partial charge is 0.258 e. The van der Waals surface area contributed by atoms with Gasteiger partial charge in [0, 0.05) is 12.1 Å². The maximum atomic E-state index is 11.7. The number of amides is 1. The predicted octanol–water partition coefficient (Wildman–Crippen LogP) is 2.51. The molecular weight excluding hydrogens is 264 g/mol. The molecular formula is C17H28N2O2. The van der Waals surface area contributed by atoms with Crippen molar-refractivity contribution in [3.05, 3.63) is 29.8 Å². The van der Waals surface area contributed by atoms with Crippen molar-refractivity contribution >= 4 is 5.91 Å². The lowest BCUT2D eigenvalue weighted by molar-refractivity contribution is -0.124. The number of nitrogens with two attached hydrogens (primary N) is 1. The van der Waals surface area contributed by atoms with Gasteiger partial charge in [0.05, 0.1) is 0 Å². The summed E-state index contributed by atoms with van der Waals surface area (Å²) in [5.41, 5.74) is 7.12. The molecule has 0 saturated carbocycles. The van der Waals surface area contributed by atoms with Crippen LogP contribution in [-0.4, -0.2) is 24.6 Å². The molecule has 0 heterocycles. The first-order valence-corrected chi connectivity index (χ1v) is 7.69. The Morgan fingerprint density at radius 2 is 1.86 bits per heavy atom. The van der Waals surface area contributed by atoms with E-state index in [9.17, 15) is 4.79 Å². The van der Waals surface area contributed by atoms with Gasteiger partial charge in [0.15, 0.2) is 6.61 Å². The summed E-state index contributed by atoms with van der Waals surface area (Å²) in [6, 6.07) is 8.12. The molecule has 0 aliphatic carbocycles. The highest BCUT2D eigenvalue weighted by atomic mass is 16.5. The molecule has 0 spiro atoms. The third-order valence-corrected chi connectivity index (χ3v) is 3.70. The number of benzene rings is 1. The van der Waals surface area contributed by atoms with Crippen LogP contribution in [0, 0.1) is 5.92 Å². The molecule has 3 N–H and O–H groups in total. The molecule has 0 aliphatic rings. The van der Waals surface area contributed by atoms with Gasteiger partial charge in [-0.1, -0.05) is 32.9 Å². The Kier molecular flexibility index (Phi) is 7.23. The normalized spacial score (nSPS) is 13.8. The molecule has 2 atom stereocenters. The summed E-state index contributed by atoms with van der Waals surface area (Å²) in [6.07, 6.45) is 1.83. The maximum absolute atomic E-state index is 11.7. The molecule has 0 bridgehead atoms. The molecule has 0 saturated heterocycles. The largest absolute Gasteiger partial charge is 0.484 e. The molecule has 21 heavy (non-hydrogen) atoms. The average Bonchev–Trinajstić information content (AvgIpc) is 2.46. The standard InChI is InChI=1S/C17H28N2O2/c1-5-15(18)10-14-6-8-16(9-7-14)21-11-17(20)19-13(4)12(2)3/h6-9,12-13,15H,5,10-11,18H2,1-4H3,(H,19,20). The van der Waals surface area contributed by atoms with Gasteiger partial charge in [0.1, 0.15) is 5.75 Å². The summed E-state index contributed by atoms with van der Waals surface area (Å²) in [5.74, 6) is 1.03. The number of carbonyl (C=O) groups excluding carboxylic acids is 1. The zero-order valence-electron chi connectivity index (χ0n) is 13.6. The van der Waals surface area contributed by atoms with Gasteiger partial charge >= 0.3 is 0 Å². The van der Waals surface area contributed by atoms with Crippen LogP contribution in [0.5, 0.6) is 5.75 Å². The van der Waals surface area contributed by atoms with Crippen LogP contribution >= 0.6 is 0 Å². The van der Waals surface area contributed by atoms with Crippen LogP contribution in [0.2, 0.25) is 0 Å². The minimum atomic E-state index is -0.0896. The molecule has 0 aliphatic heterocycles. The summed E-state index contributed by atoms with van der Waals surface area (Å²) >= 11 is 0. The molecule has 0 radical (unpaired) electrons. The summed E-state index contributed by atoms with van der Waals surface area (Å²) in [5, 5.41) is 2.91. The molecule has 0 aromatic heterocycles. The van der Waals surface area contributed by atoms with Crippen LogP contribution in [0.4, 0.5) is 0 Å². The number of rotatable bonds is 8. The Labute approximate surface area is 128 Å². The van der Waals surface area contributed by atoms with Crippen LogP contribution in [0.1, 0.15) is 39.7 Å². The SMILES string of the molecule is CCC(N)Cc1ccc(OCC(=O)NC(C)C(C)C)cc1. The Bertz CT molecular complexity index is 429. The fraction of sp³-hybridized carbons (Fsp3) is 0.588. The number of carbonyl (C=O) groups is 1. The molecule has 2 unspecified atom stereocenters. The highest BCUT2D eigenvalue weighted by Crippen LogP contribution is 2.13. The highest BCUT2D eigenvalue weighted by Gasteiger charge is 2.11. The van der Waals surface area contributed by atoms with Gasteiger partial charge in [-0.25, -0.2) is 0 Å². The van der Waals surface area contributed by atoms with Gasteiger partial charge in [0.2, 0.25) is 0 Å². The lowest BCUT2D eigenvalue weighted by Gasteiger charge is -2.17. The molecule has 0 fully saturated rings. The van der Waals surface area contributed by atoms with Crippen molar-refractivity contribution in [2.45, 2.75) is 52.6 Å². The van der Waals surface area contributed by atoms with Crippen LogP contribution in [0.3, 0.4) is 0 Å². The van der Waals surface area contributed by atoms with Gasteiger partial charge in [-0.2, -0.15) is 0 Å². The lowest BCUT2D eigenvalue weighted by Crippen LogP contribution is -2.38. The molecule has 1 aromatic rings. The first-order chi connectivity index (χ1) is 9.92. The van der Waals surface area contributed by atoms with E-state index >= 15 is 0 Å². The van der Waals surface area contributed by atoms with E-state index in [1.165, 1.54) is 5.56 Å². The van der Waals surface area contributed by atoms with Crippen molar-refractivity contribution in [2.75, 3.05) is 6.61 Å². The lowest BCUT2D eigenvalue weighted by atomic mass is 10.0. The quantitative estimate of drug-likeness (QED) is 0.774. The van der Waals surface area contributed by atoms with E-state index in [-0.39, 0.29) is 24.6 Å². The summed E-state index contributed by atoms with van der Waals surface area (Å²) in [7, 11) is 0. The Balaban J connectivity index is 2.40. The fourth-order valence-corrected chi connectivity index (χ4v) is 1.78. The predicted molar refractivity (Wildman–Crippen MR) is 86.4 cm³/mol. The second kappa shape index (κ2) is 8.67. The second-order valence-electron chi connectivity index (χ2n) is 5.91. The zero-order chi connectivity index (χ0) is 15.8. The van der Waals surface area contributed by atoms with E-state index in [0.717, 1.165) is 12.8 Å². The Hall–Kier alpha value is -1.55. The van der Waals surface area contributed by atoms with Crippen LogP contribution in [0.25, 0.3) is 0 Å². The van der Waals surface area contributed by atoms with Gasteiger partial charge in [-0.15, -0.1) is 0 Å². The van der Waals surface area contributed by atoms with Gasteiger partial charge in [0.25, 0.3) is 5.91 Å². The zero-order valence-corrected chi connectivity index (χ0v) is 13.6. The van der Waals surface area contributed by atoms with Crippen LogP contribution in [0.15, 0.2) is 24.3 Å². The van der Waals surface area contributed by atoms with Crippen LogP contribution < -0.4 is 15.8 Å². The minimum Gasteiger partial charge on any atom is -0.484 e. The maximum Gasteiger partial charge on any atom is 0.258 e. The third kappa shape index (κ3) is 6.63. The molecule has 4 heteroatoms. The summed E-state index contributed by atoms with van der Waals surface area (Å²) in [6.45, 7) is 8.27. The summed E-state index contributed by atoms with van der Waals surface area (Å²) < 4.78 is 5.49. The van der Waals surface area contributed by atoms with Crippen molar-refractivity contribution in [3.8, 4) is 5.75 Å². The Morgan fingerprint density at radius 1 is 1.24 bits per heavy atom. The first-order valence-electron chi connectivity index (χ1n) is 7.69. The monoisotopic (exact) mass is 292 g/mol. The molecule has 4 nitrogen and oxygen atoms in total. The number of nitrogens with one attached hydrogen (secondary N) is 1. The van der Waals surface area contributed by atoms with Crippen LogP contribution in [-0.2, 0) is 11.2 Å². The second-order valence-corrected chi connectivity index (χ2v) is 5.91. The van der Waals surface area contributed by atoms with Gasteiger partial charge < -0.3 is 15.8 Å². The van der Waals surface area contributed by atoms with E-state index in [1.54, 1.807) is 0 Å². The van der Waals surface area contributed by atoms with E-state index in [1.807, 2.05) is 31.2 Å². The topological polar surface area (TPSA) is 64.3 Å². The van der Waals surface area contributed by atoms with Crippen molar-refractivity contribution in [3.63, 3.8) is 0 Å². The highest BCUT2D eigenvalue weighted by molar-refractivity contribution is 5.77. The molecule has 1 rings (SSSR count). The molecule has 1 aromatic carbocycles. The average molecular weight is 292 g/mol. The van der Waals surface area contributed by atoms with E-state index in [4.69, 9.17) is 10.5 Å². The van der Waals surface area contributed by atoms with E-state index in [2.05, 4.69) is 26.1 Å². The van der Waals surface area contributed by atoms with E-state index < -0.39 is 0 Å². The van der Waals surface area contributed by atoms with Crippen molar-refractivity contribution in [2.24, 2.45) is 11.7 Å². The number of hydrogen-bond donors (Lipinski definition) is 2. The van der Waals surface area contributed by atoms with Gasteiger partial charge in [-0.3, -0.25) is 4.79 Å². The number of ether oxygens (including phenoxy) is 1. The fourth-order valence-electron chi connectivity index (χ4n) is 1.78. The van der Waals surface area contributed by atoms with Crippen molar-refractivity contribution < 1.29 is 9.53 Å². The molecule has 118 valence electrons. The first kappa shape index (κ1) is 17.5. The third-order valence-electron chi connectivity index (χ3n) is 3.70. The Morgan fingerprint density at radius 3 is 2.38 bits per heavy atom. The minimum absolute atomic E-state index is 0.0465. The van der Waals surface area contributed by atoms with E-state index in [0.29, 0.717) is 11.7 Å². The molecule has 1 amide bonds.